The van der Waals surface area contributed by atoms with Crippen LogP contribution in [0.5, 0.6) is 5.75 Å². The molecule has 1 fully saturated rings. The fourth-order valence-corrected chi connectivity index (χ4v) is 3.16. The zero-order valence-corrected chi connectivity index (χ0v) is 12.5. The van der Waals surface area contributed by atoms with Crippen molar-refractivity contribution in [2.24, 2.45) is 5.73 Å². The summed E-state index contributed by atoms with van der Waals surface area (Å²) in [6, 6.07) is 15.2. The second-order valence-corrected chi connectivity index (χ2v) is 5.78. The summed E-state index contributed by atoms with van der Waals surface area (Å²) in [5.41, 5.74) is 5.86. The second kappa shape index (κ2) is 6.92. The maximum Gasteiger partial charge on any atom is 0.120 e. The lowest BCUT2D eigenvalue weighted by molar-refractivity contribution is 0.127. The van der Waals surface area contributed by atoms with Crippen LogP contribution in [0, 0.1) is 0 Å². The average molecular weight is 284 g/mol. The summed E-state index contributed by atoms with van der Waals surface area (Å²) in [7, 11) is 0. The zero-order chi connectivity index (χ0) is 14.5. The van der Waals surface area contributed by atoms with Gasteiger partial charge >= 0.3 is 0 Å². The van der Waals surface area contributed by atoms with Crippen molar-refractivity contribution in [1.29, 1.82) is 0 Å². The van der Waals surface area contributed by atoms with E-state index in [4.69, 9.17) is 10.5 Å². The first-order valence-electron chi connectivity index (χ1n) is 7.92. The van der Waals surface area contributed by atoms with Crippen molar-refractivity contribution in [3.8, 4) is 5.75 Å². The summed E-state index contributed by atoms with van der Waals surface area (Å²) in [4.78, 5) is 2.48. The molecule has 1 saturated heterocycles. The fourth-order valence-electron chi connectivity index (χ4n) is 3.16. The minimum atomic E-state index is 0.541. The number of nitrogens with zero attached hydrogens (tertiary/aromatic N) is 1. The van der Waals surface area contributed by atoms with Crippen molar-refractivity contribution in [1.82, 2.24) is 4.90 Å². The summed E-state index contributed by atoms with van der Waals surface area (Å²) in [5, 5.41) is 2.48. The van der Waals surface area contributed by atoms with Gasteiger partial charge in [0.2, 0.25) is 0 Å². The van der Waals surface area contributed by atoms with Gasteiger partial charge in [0, 0.05) is 19.1 Å². The van der Waals surface area contributed by atoms with E-state index in [2.05, 4.69) is 47.4 Å². The number of hydrogen-bond donors (Lipinski definition) is 1. The Bertz CT molecular complexity index is 584. The van der Waals surface area contributed by atoms with Gasteiger partial charge in [-0.3, -0.25) is 4.90 Å². The molecule has 0 amide bonds. The van der Waals surface area contributed by atoms with Crippen LogP contribution in [0.1, 0.15) is 19.3 Å². The van der Waals surface area contributed by atoms with Gasteiger partial charge in [0.15, 0.2) is 0 Å². The predicted molar refractivity (Wildman–Crippen MR) is 87.7 cm³/mol. The largest absolute Gasteiger partial charge is 0.492 e. The third-order valence-corrected chi connectivity index (χ3v) is 4.39. The van der Waals surface area contributed by atoms with Crippen LogP contribution in [-0.4, -0.2) is 37.2 Å². The third-order valence-electron chi connectivity index (χ3n) is 4.39. The molecular weight excluding hydrogens is 260 g/mol. The van der Waals surface area contributed by atoms with E-state index < -0.39 is 0 Å². The van der Waals surface area contributed by atoms with Gasteiger partial charge in [-0.25, -0.2) is 0 Å². The molecule has 1 atom stereocenters. The Morgan fingerprint density at radius 3 is 2.81 bits per heavy atom. The molecule has 3 rings (SSSR count). The first-order chi connectivity index (χ1) is 10.4. The zero-order valence-electron chi connectivity index (χ0n) is 12.5. The molecule has 3 heteroatoms. The molecular formula is C18H24N2O. The molecule has 2 aromatic carbocycles. The minimum absolute atomic E-state index is 0.541. The van der Waals surface area contributed by atoms with Crippen molar-refractivity contribution in [3.05, 3.63) is 42.5 Å². The first kappa shape index (κ1) is 14.4. The smallest absolute Gasteiger partial charge is 0.120 e. The Labute approximate surface area is 126 Å². The topological polar surface area (TPSA) is 38.5 Å². The Morgan fingerprint density at radius 1 is 1.10 bits per heavy atom. The van der Waals surface area contributed by atoms with Gasteiger partial charge in [-0.05, 0) is 42.3 Å². The van der Waals surface area contributed by atoms with Gasteiger partial charge in [0.05, 0.1) is 0 Å². The fraction of sp³-hybridized carbons (Fsp3) is 0.444. The highest BCUT2D eigenvalue weighted by Gasteiger charge is 2.20. The molecule has 1 unspecified atom stereocenters. The van der Waals surface area contributed by atoms with Gasteiger partial charge < -0.3 is 10.5 Å². The molecule has 1 heterocycles. The summed E-state index contributed by atoms with van der Waals surface area (Å²) < 4.78 is 5.93. The molecule has 0 bridgehead atoms. The van der Waals surface area contributed by atoms with E-state index in [1.165, 1.54) is 30.0 Å². The standard InChI is InChI=1S/C18H24N2O/c19-14-17-7-3-4-10-20(17)11-12-21-18-9-8-15-5-1-2-6-16(15)13-18/h1-2,5-6,8-9,13,17H,3-4,7,10-12,14,19H2. The van der Waals surface area contributed by atoms with E-state index in [9.17, 15) is 0 Å². The number of ether oxygens (including phenoxy) is 1. The van der Waals surface area contributed by atoms with E-state index in [1.54, 1.807) is 0 Å². The van der Waals surface area contributed by atoms with Crippen LogP contribution in [0.15, 0.2) is 42.5 Å². The highest BCUT2D eigenvalue weighted by molar-refractivity contribution is 5.83. The molecule has 0 aromatic heterocycles. The summed E-state index contributed by atoms with van der Waals surface area (Å²) in [6.45, 7) is 3.61. The van der Waals surface area contributed by atoms with E-state index in [0.29, 0.717) is 6.04 Å². The van der Waals surface area contributed by atoms with Crippen molar-refractivity contribution in [2.75, 3.05) is 26.2 Å². The SMILES string of the molecule is NCC1CCCCN1CCOc1ccc2ccccc2c1. The maximum absolute atomic E-state index is 5.93. The van der Waals surface area contributed by atoms with Crippen LogP contribution in [0.25, 0.3) is 10.8 Å². The Hall–Kier alpha value is -1.58. The van der Waals surface area contributed by atoms with Crippen LogP contribution in [0.3, 0.4) is 0 Å². The molecule has 1 aliphatic heterocycles. The Balaban J connectivity index is 1.56. The minimum Gasteiger partial charge on any atom is -0.492 e. The molecule has 0 spiro atoms. The molecule has 2 aromatic rings. The van der Waals surface area contributed by atoms with Crippen molar-refractivity contribution < 1.29 is 4.74 Å². The summed E-state index contributed by atoms with van der Waals surface area (Å²) in [5.74, 6) is 0.954. The number of piperidine rings is 1. The number of benzene rings is 2. The van der Waals surface area contributed by atoms with E-state index in [-0.39, 0.29) is 0 Å². The lowest BCUT2D eigenvalue weighted by Crippen LogP contribution is -2.45. The van der Waals surface area contributed by atoms with Crippen molar-refractivity contribution in [2.45, 2.75) is 25.3 Å². The monoisotopic (exact) mass is 284 g/mol. The van der Waals surface area contributed by atoms with E-state index in [1.807, 2.05) is 0 Å². The molecule has 0 aliphatic carbocycles. The molecule has 0 saturated carbocycles. The molecule has 2 N–H and O–H groups in total. The van der Waals surface area contributed by atoms with Gasteiger partial charge in [-0.1, -0.05) is 36.8 Å². The third kappa shape index (κ3) is 3.55. The average Bonchev–Trinajstić information content (AvgIpc) is 2.55. The highest BCUT2D eigenvalue weighted by atomic mass is 16.5. The Morgan fingerprint density at radius 2 is 1.95 bits per heavy atom. The molecule has 112 valence electrons. The van der Waals surface area contributed by atoms with Crippen LogP contribution in [0.2, 0.25) is 0 Å². The molecule has 0 radical (unpaired) electrons. The highest BCUT2D eigenvalue weighted by Crippen LogP contribution is 2.21. The number of hydrogen-bond acceptors (Lipinski definition) is 3. The number of rotatable bonds is 5. The second-order valence-electron chi connectivity index (χ2n) is 5.78. The molecule has 3 nitrogen and oxygen atoms in total. The molecule has 1 aliphatic rings. The van der Waals surface area contributed by atoms with E-state index >= 15 is 0 Å². The number of likely N-dealkylation sites (tertiary alicyclic amines) is 1. The normalized spacial score (nSPS) is 19.8. The Kier molecular flexibility index (Phi) is 4.73. The van der Waals surface area contributed by atoms with Gasteiger partial charge in [0.25, 0.3) is 0 Å². The van der Waals surface area contributed by atoms with Crippen LogP contribution < -0.4 is 10.5 Å². The van der Waals surface area contributed by atoms with E-state index in [0.717, 1.165) is 32.0 Å². The lowest BCUT2D eigenvalue weighted by atomic mass is 10.0. The van der Waals surface area contributed by atoms with Crippen molar-refractivity contribution in [3.63, 3.8) is 0 Å². The predicted octanol–water partition coefficient (Wildman–Crippen LogP) is 3.03. The summed E-state index contributed by atoms with van der Waals surface area (Å²) >= 11 is 0. The quantitative estimate of drug-likeness (QED) is 0.917. The van der Waals surface area contributed by atoms with Crippen molar-refractivity contribution >= 4 is 10.8 Å². The van der Waals surface area contributed by atoms with Crippen LogP contribution >= 0.6 is 0 Å². The summed E-state index contributed by atoms with van der Waals surface area (Å²) in [6.07, 6.45) is 3.82. The van der Waals surface area contributed by atoms with Gasteiger partial charge in [-0.2, -0.15) is 0 Å². The molecule has 21 heavy (non-hydrogen) atoms. The number of fused-ring (bicyclic) bond motifs is 1. The first-order valence-corrected chi connectivity index (χ1v) is 7.92. The van der Waals surface area contributed by atoms with Crippen LogP contribution in [0.4, 0.5) is 0 Å². The van der Waals surface area contributed by atoms with Crippen LogP contribution in [-0.2, 0) is 0 Å². The number of nitrogens with two attached hydrogens (primary N) is 1. The van der Waals surface area contributed by atoms with Gasteiger partial charge in [0.1, 0.15) is 12.4 Å². The lowest BCUT2D eigenvalue weighted by Gasteiger charge is -2.34. The van der Waals surface area contributed by atoms with Gasteiger partial charge in [-0.15, -0.1) is 0 Å². The maximum atomic E-state index is 5.93.